The monoisotopic (exact) mass is 285 g/mol. The number of aliphatic imine (C=N–C) groups is 1. The van der Waals surface area contributed by atoms with Crippen molar-refractivity contribution in [3.05, 3.63) is 35.9 Å². The Bertz CT molecular complexity index is 305. The third-order valence-electron chi connectivity index (χ3n) is 2.34. The second-order valence-electron chi connectivity index (χ2n) is 3.29. The molecule has 68 valence electrons. The number of hydrogen-bond acceptors (Lipinski definition) is 1. The fourth-order valence-electron chi connectivity index (χ4n) is 1.61. The van der Waals surface area contributed by atoms with Gasteiger partial charge in [-0.15, -0.1) is 0 Å². The van der Waals surface area contributed by atoms with Crippen LogP contribution in [0.3, 0.4) is 0 Å². The number of rotatable bonds is 2. The number of halogens is 1. The average Bonchev–Trinajstić information content (AvgIpc) is 2.67. The van der Waals surface area contributed by atoms with E-state index in [0.29, 0.717) is 6.04 Å². The molecule has 0 bridgehead atoms. The van der Waals surface area contributed by atoms with Crippen molar-refractivity contribution >= 4 is 28.3 Å². The standard InChI is InChI=1S/C11H12IN/c12-8-10-6-7-11(13-10)9-4-2-1-3-5-9/h1-5,10H,6-8H2. The van der Waals surface area contributed by atoms with Crippen molar-refractivity contribution in [2.24, 2.45) is 4.99 Å². The van der Waals surface area contributed by atoms with E-state index >= 15 is 0 Å². The normalized spacial score (nSPS) is 21.6. The highest BCUT2D eigenvalue weighted by molar-refractivity contribution is 14.1. The zero-order chi connectivity index (χ0) is 9.10. The minimum Gasteiger partial charge on any atom is -0.285 e. The van der Waals surface area contributed by atoms with E-state index in [9.17, 15) is 0 Å². The van der Waals surface area contributed by atoms with Gasteiger partial charge in [-0.2, -0.15) is 0 Å². The van der Waals surface area contributed by atoms with Gasteiger partial charge in [0.25, 0.3) is 0 Å². The van der Waals surface area contributed by atoms with Crippen molar-refractivity contribution in [1.82, 2.24) is 0 Å². The lowest BCUT2D eigenvalue weighted by molar-refractivity contribution is 0.758. The second-order valence-corrected chi connectivity index (χ2v) is 4.17. The van der Waals surface area contributed by atoms with E-state index in [0.717, 1.165) is 10.8 Å². The Kier molecular flexibility index (Phi) is 2.98. The highest BCUT2D eigenvalue weighted by atomic mass is 127. The Hall–Kier alpha value is -0.380. The van der Waals surface area contributed by atoms with Crippen molar-refractivity contribution in [3.8, 4) is 0 Å². The average molecular weight is 285 g/mol. The predicted molar refractivity (Wildman–Crippen MR) is 64.9 cm³/mol. The summed E-state index contributed by atoms with van der Waals surface area (Å²) in [4.78, 5) is 4.69. The lowest BCUT2D eigenvalue weighted by atomic mass is 10.1. The molecule has 1 aromatic rings. The van der Waals surface area contributed by atoms with Crippen LogP contribution in [0.1, 0.15) is 18.4 Å². The quantitative estimate of drug-likeness (QED) is 0.585. The molecule has 0 radical (unpaired) electrons. The molecule has 0 aromatic heterocycles. The van der Waals surface area contributed by atoms with Crippen LogP contribution in [-0.2, 0) is 0 Å². The lowest BCUT2D eigenvalue weighted by Crippen LogP contribution is -1.98. The first-order valence-electron chi connectivity index (χ1n) is 4.58. The molecule has 0 fully saturated rings. The van der Waals surface area contributed by atoms with Gasteiger partial charge in [0, 0.05) is 10.1 Å². The summed E-state index contributed by atoms with van der Waals surface area (Å²) >= 11 is 2.41. The maximum atomic E-state index is 4.69. The van der Waals surface area contributed by atoms with Crippen LogP contribution in [0.2, 0.25) is 0 Å². The molecule has 2 rings (SSSR count). The first kappa shape index (κ1) is 9.19. The van der Waals surface area contributed by atoms with Gasteiger partial charge < -0.3 is 0 Å². The van der Waals surface area contributed by atoms with E-state index in [1.165, 1.54) is 17.7 Å². The third kappa shape index (κ3) is 2.10. The molecule has 0 amide bonds. The van der Waals surface area contributed by atoms with Crippen LogP contribution in [0, 0.1) is 0 Å². The minimum absolute atomic E-state index is 0.566. The molecular formula is C11H12IN. The van der Waals surface area contributed by atoms with Crippen LogP contribution in [-0.4, -0.2) is 16.2 Å². The molecular weight excluding hydrogens is 273 g/mol. The highest BCUT2D eigenvalue weighted by Gasteiger charge is 2.16. The van der Waals surface area contributed by atoms with Gasteiger partial charge in [0.1, 0.15) is 0 Å². The van der Waals surface area contributed by atoms with E-state index in [1.54, 1.807) is 0 Å². The largest absolute Gasteiger partial charge is 0.285 e. The lowest BCUT2D eigenvalue weighted by Gasteiger charge is -1.98. The molecule has 1 unspecified atom stereocenters. The Balaban J connectivity index is 2.19. The molecule has 1 aliphatic heterocycles. The van der Waals surface area contributed by atoms with E-state index in [-0.39, 0.29) is 0 Å². The number of hydrogen-bond donors (Lipinski definition) is 0. The van der Waals surface area contributed by atoms with Crippen LogP contribution in [0.15, 0.2) is 35.3 Å². The molecule has 1 nitrogen and oxygen atoms in total. The molecule has 0 aliphatic carbocycles. The molecule has 0 spiro atoms. The van der Waals surface area contributed by atoms with Crippen molar-refractivity contribution in [2.75, 3.05) is 4.43 Å². The molecule has 1 aromatic carbocycles. The fraction of sp³-hybridized carbons (Fsp3) is 0.364. The maximum Gasteiger partial charge on any atom is 0.0596 e. The SMILES string of the molecule is ICC1CCC(c2ccccc2)=N1. The first-order valence-corrected chi connectivity index (χ1v) is 6.11. The molecule has 0 N–H and O–H groups in total. The number of alkyl halides is 1. The molecule has 1 heterocycles. The topological polar surface area (TPSA) is 12.4 Å². The van der Waals surface area contributed by atoms with E-state index in [4.69, 9.17) is 0 Å². The van der Waals surface area contributed by atoms with E-state index in [2.05, 4.69) is 57.9 Å². The summed E-state index contributed by atoms with van der Waals surface area (Å²) in [6.45, 7) is 0. The molecule has 0 saturated heterocycles. The van der Waals surface area contributed by atoms with Crippen molar-refractivity contribution in [2.45, 2.75) is 18.9 Å². The van der Waals surface area contributed by atoms with E-state index < -0.39 is 0 Å². The van der Waals surface area contributed by atoms with Gasteiger partial charge in [-0.25, -0.2) is 0 Å². The van der Waals surface area contributed by atoms with Crippen LogP contribution in [0.25, 0.3) is 0 Å². The Morgan fingerprint density at radius 3 is 2.69 bits per heavy atom. The zero-order valence-electron chi connectivity index (χ0n) is 7.41. The van der Waals surface area contributed by atoms with Crippen molar-refractivity contribution in [3.63, 3.8) is 0 Å². The summed E-state index contributed by atoms with van der Waals surface area (Å²) in [5.41, 5.74) is 2.59. The molecule has 1 aliphatic rings. The maximum absolute atomic E-state index is 4.69. The van der Waals surface area contributed by atoms with Gasteiger partial charge in [0.2, 0.25) is 0 Å². The van der Waals surface area contributed by atoms with Crippen molar-refractivity contribution in [1.29, 1.82) is 0 Å². The summed E-state index contributed by atoms with van der Waals surface area (Å²) in [6.07, 6.45) is 2.38. The van der Waals surface area contributed by atoms with Crippen LogP contribution >= 0.6 is 22.6 Å². The molecule has 1 atom stereocenters. The summed E-state index contributed by atoms with van der Waals surface area (Å²) < 4.78 is 1.15. The summed E-state index contributed by atoms with van der Waals surface area (Å²) in [6, 6.07) is 11.1. The molecule has 0 saturated carbocycles. The van der Waals surface area contributed by atoms with Gasteiger partial charge in [0.05, 0.1) is 6.04 Å². The van der Waals surface area contributed by atoms with Gasteiger partial charge in [0.15, 0.2) is 0 Å². The first-order chi connectivity index (χ1) is 6.40. The van der Waals surface area contributed by atoms with Crippen LogP contribution < -0.4 is 0 Å². The van der Waals surface area contributed by atoms with E-state index in [1.807, 2.05) is 0 Å². The zero-order valence-corrected chi connectivity index (χ0v) is 9.57. The Morgan fingerprint density at radius 2 is 2.08 bits per heavy atom. The predicted octanol–water partition coefficient (Wildman–Crippen LogP) is 3.07. The third-order valence-corrected chi connectivity index (χ3v) is 3.35. The Morgan fingerprint density at radius 1 is 1.31 bits per heavy atom. The molecule has 2 heteroatoms. The van der Waals surface area contributed by atoms with Crippen LogP contribution in [0.4, 0.5) is 0 Å². The second kappa shape index (κ2) is 4.22. The molecule has 13 heavy (non-hydrogen) atoms. The Labute approximate surface area is 92.4 Å². The van der Waals surface area contributed by atoms with Crippen molar-refractivity contribution < 1.29 is 0 Å². The number of nitrogens with zero attached hydrogens (tertiary/aromatic N) is 1. The fourth-order valence-corrected chi connectivity index (χ4v) is 2.25. The van der Waals surface area contributed by atoms with Gasteiger partial charge in [-0.05, 0) is 18.4 Å². The smallest absolute Gasteiger partial charge is 0.0596 e. The van der Waals surface area contributed by atoms with Gasteiger partial charge in [-0.3, -0.25) is 4.99 Å². The number of benzene rings is 1. The van der Waals surface area contributed by atoms with Crippen LogP contribution in [0.5, 0.6) is 0 Å². The summed E-state index contributed by atoms with van der Waals surface area (Å²) in [7, 11) is 0. The summed E-state index contributed by atoms with van der Waals surface area (Å²) in [5.74, 6) is 0. The summed E-state index contributed by atoms with van der Waals surface area (Å²) in [5, 5.41) is 0. The minimum atomic E-state index is 0.566. The highest BCUT2D eigenvalue weighted by Crippen LogP contribution is 2.19. The van der Waals surface area contributed by atoms with Gasteiger partial charge in [-0.1, -0.05) is 52.9 Å². The van der Waals surface area contributed by atoms with Gasteiger partial charge >= 0.3 is 0 Å².